The van der Waals surface area contributed by atoms with Gasteiger partial charge in [0.1, 0.15) is 0 Å². The first-order valence-corrected chi connectivity index (χ1v) is 7.85. The Labute approximate surface area is 115 Å². The molecule has 2 heterocycles. The van der Waals surface area contributed by atoms with Crippen LogP contribution in [0.4, 0.5) is 10.3 Å². The molecule has 6 heteroatoms. The average Bonchev–Trinajstić information content (AvgIpc) is 2.97. The SMILES string of the molecule is CCc1nc(N(CC)CC)sc1-c1csc(N)n1. The molecule has 0 unspecified atom stereocenters. The van der Waals surface area contributed by atoms with Crippen molar-refractivity contribution in [3.63, 3.8) is 0 Å². The topological polar surface area (TPSA) is 55.0 Å². The predicted octanol–water partition coefficient (Wildman–Crippen LogP) is 3.26. The zero-order valence-corrected chi connectivity index (χ0v) is 12.6. The molecule has 0 aliphatic rings. The van der Waals surface area contributed by atoms with Crippen LogP contribution >= 0.6 is 22.7 Å². The summed E-state index contributed by atoms with van der Waals surface area (Å²) in [6, 6.07) is 0. The molecule has 0 aliphatic heterocycles. The number of nitrogen functional groups attached to an aromatic ring is 1. The third-order valence-corrected chi connectivity index (χ3v) is 4.66. The van der Waals surface area contributed by atoms with Crippen LogP contribution in [0.5, 0.6) is 0 Å². The van der Waals surface area contributed by atoms with Gasteiger partial charge in [0, 0.05) is 18.5 Å². The van der Waals surface area contributed by atoms with Gasteiger partial charge in [0.2, 0.25) is 0 Å². The van der Waals surface area contributed by atoms with Crippen LogP contribution in [0.25, 0.3) is 10.6 Å². The standard InChI is InChI=1S/C12H18N4S2/c1-4-8-10(9-7-17-11(13)14-9)18-12(15-8)16(5-2)6-3/h7H,4-6H2,1-3H3,(H2,13,14). The van der Waals surface area contributed by atoms with Crippen LogP contribution in [-0.2, 0) is 6.42 Å². The normalized spacial score (nSPS) is 10.8. The molecule has 0 aromatic carbocycles. The van der Waals surface area contributed by atoms with Gasteiger partial charge in [0.25, 0.3) is 0 Å². The fraction of sp³-hybridized carbons (Fsp3) is 0.500. The molecule has 2 N–H and O–H groups in total. The van der Waals surface area contributed by atoms with Crippen molar-refractivity contribution < 1.29 is 0 Å². The third kappa shape index (κ3) is 2.49. The molecule has 18 heavy (non-hydrogen) atoms. The first-order valence-electron chi connectivity index (χ1n) is 6.15. The summed E-state index contributed by atoms with van der Waals surface area (Å²) in [6.45, 7) is 8.38. The van der Waals surface area contributed by atoms with E-state index in [1.807, 2.05) is 5.38 Å². The summed E-state index contributed by atoms with van der Waals surface area (Å²) in [5.41, 5.74) is 7.79. The third-order valence-electron chi connectivity index (χ3n) is 2.81. The van der Waals surface area contributed by atoms with Crippen LogP contribution in [0.15, 0.2) is 5.38 Å². The molecule has 2 aromatic rings. The fourth-order valence-electron chi connectivity index (χ4n) is 1.80. The Kier molecular flexibility index (Phi) is 4.19. The predicted molar refractivity (Wildman–Crippen MR) is 80.6 cm³/mol. The summed E-state index contributed by atoms with van der Waals surface area (Å²) in [4.78, 5) is 12.5. The van der Waals surface area contributed by atoms with Crippen LogP contribution in [0.3, 0.4) is 0 Å². The lowest BCUT2D eigenvalue weighted by Gasteiger charge is -2.16. The van der Waals surface area contributed by atoms with Gasteiger partial charge in [-0.15, -0.1) is 11.3 Å². The van der Waals surface area contributed by atoms with Gasteiger partial charge >= 0.3 is 0 Å². The van der Waals surface area contributed by atoms with E-state index in [1.165, 1.54) is 11.3 Å². The second-order valence-corrected chi connectivity index (χ2v) is 5.74. The molecular weight excluding hydrogens is 264 g/mol. The van der Waals surface area contributed by atoms with Gasteiger partial charge in [-0.1, -0.05) is 18.3 Å². The molecule has 4 nitrogen and oxygen atoms in total. The molecular formula is C12H18N4S2. The minimum Gasteiger partial charge on any atom is -0.375 e. The van der Waals surface area contributed by atoms with Gasteiger partial charge in [-0.05, 0) is 20.3 Å². The smallest absolute Gasteiger partial charge is 0.186 e. The molecule has 0 fully saturated rings. The number of rotatable bonds is 5. The highest BCUT2D eigenvalue weighted by Gasteiger charge is 2.16. The van der Waals surface area contributed by atoms with E-state index in [-0.39, 0.29) is 0 Å². The summed E-state index contributed by atoms with van der Waals surface area (Å²) < 4.78 is 0. The van der Waals surface area contributed by atoms with Crippen molar-refractivity contribution in [1.82, 2.24) is 9.97 Å². The minimum atomic E-state index is 0.616. The first-order chi connectivity index (χ1) is 8.69. The molecule has 0 saturated carbocycles. The minimum absolute atomic E-state index is 0.616. The Morgan fingerprint density at radius 3 is 2.44 bits per heavy atom. The average molecular weight is 282 g/mol. The van der Waals surface area contributed by atoms with E-state index in [0.717, 1.165) is 40.9 Å². The fourth-order valence-corrected chi connectivity index (χ4v) is 3.67. The zero-order valence-electron chi connectivity index (χ0n) is 10.9. The molecule has 0 atom stereocenters. The van der Waals surface area contributed by atoms with Gasteiger partial charge in [0.15, 0.2) is 10.3 Å². The summed E-state index contributed by atoms with van der Waals surface area (Å²) in [5, 5.41) is 3.71. The van der Waals surface area contributed by atoms with Crippen LogP contribution in [0.2, 0.25) is 0 Å². The van der Waals surface area contributed by atoms with E-state index in [4.69, 9.17) is 10.7 Å². The highest BCUT2D eigenvalue weighted by Crippen LogP contribution is 2.36. The zero-order chi connectivity index (χ0) is 13.1. The van der Waals surface area contributed by atoms with Crippen LogP contribution in [0.1, 0.15) is 26.5 Å². The van der Waals surface area contributed by atoms with Crippen molar-refractivity contribution in [3.05, 3.63) is 11.1 Å². The summed E-state index contributed by atoms with van der Waals surface area (Å²) in [5.74, 6) is 0. The highest BCUT2D eigenvalue weighted by molar-refractivity contribution is 7.19. The lowest BCUT2D eigenvalue weighted by atomic mass is 10.2. The van der Waals surface area contributed by atoms with Gasteiger partial charge in [-0.25, -0.2) is 9.97 Å². The van der Waals surface area contributed by atoms with E-state index in [2.05, 4.69) is 30.7 Å². The van der Waals surface area contributed by atoms with E-state index < -0.39 is 0 Å². The van der Waals surface area contributed by atoms with Crippen molar-refractivity contribution >= 4 is 32.9 Å². The van der Waals surface area contributed by atoms with Crippen molar-refractivity contribution in [1.29, 1.82) is 0 Å². The second-order valence-electron chi connectivity index (χ2n) is 3.87. The van der Waals surface area contributed by atoms with Gasteiger partial charge in [-0.2, -0.15) is 0 Å². The number of aryl methyl sites for hydroxylation is 1. The largest absolute Gasteiger partial charge is 0.375 e. The van der Waals surface area contributed by atoms with Crippen LogP contribution in [-0.4, -0.2) is 23.1 Å². The molecule has 0 spiro atoms. The lowest BCUT2D eigenvalue weighted by molar-refractivity contribution is 0.854. The van der Waals surface area contributed by atoms with Gasteiger partial charge in [0.05, 0.1) is 16.3 Å². The van der Waals surface area contributed by atoms with E-state index in [9.17, 15) is 0 Å². The van der Waals surface area contributed by atoms with Gasteiger partial charge < -0.3 is 10.6 Å². The number of anilines is 2. The lowest BCUT2D eigenvalue weighted by Crippen LogP contribution is -2.21. The number of nitrogens with two attached hydrogens (primary N) is 1. The molecule has 2 rings (SSSR count). The number of aromatic nitrogens is 2. The number of nitrogens with zero attached hydrogens (tertiary/aromatic N) is 3. The Balaban J connectivity index is 2.41. The van der Waals surface area contributed by atoms with Crippen molar-refractivity contribution in [2.75, 3.05) is 23.7 Å². The Morgan fingerprint density at radius 1 is 1.22 bits per heavy atom. The molecule has 0 saturated heterocycles. The summed E-state index contributed by atoms with van der Waals surface area (Å²) in [7, 11) is 0. The first kappa shape index (κ1) is 13.3. The molecule has 2 aromatic heterocycles. The maximum atomic E-state index is 5.71. The monoisotopic (exact) mass is 282 g/mol. The second kappa shape index (κ2) is 5.67. The van der Waals surface area contributed by atoms with Gasteiger partial charge in [-0.3, -0.25) is 0 Å². The molecule has 0 bridgehead atoms. The highest BCUT2D eigenvalue weighted by atomic mass is 32.1. The Bertz CT molecular complexity index is 514. The summed E-state index contributed by atoms with van der Waals surface area (Å²) in [6.07, 6.45) is 0.921. The van der Waals surface area contributed by atoms with Crippen LogP contribution in [0, 0.1) is 0 Å². The Morgan fingerprint density at radius 2 is 1.94 bits per heavy atom. The molecule has 0 radical (unpaired) electrons. The number of hydrogen-bond acceptors (Lipinski definition) is 6. The summed E-state index contributed by atoms with van der Waals surface area (Å²) >= 11 is 3.19. The molecule has 98 valence electrons. The van der Waals surface area contributed by atoms with E-state index in [1.54, 1.807) is 11.3 Å². The van der Waals surface area contributed by atoms with Crippen LogP contribution < -0.4 is 10.6 Å². The number of hydrogen-bond donors (Lipinski definition) is 1. The Hall–Kier alpha value is -1.14. The van der Waals surface area contributed by atoms with E-state index in [0.29, 0.717) is 5.13 Å². The molecule has 0 aliphatic carbocycles. The maximum absolute atomic E-state index is 5.71. The van der Waals surface area contributed by atoms with Crippen molar-refractivity contribution in [2.24, 2.45) is 0 Å². The van der Waals surface area contributed by atoms with Crippen molar-refractivity contribution in [3.8, 4) is 10.6 Å². The quantitative estimate of drug-likeness (QED) is 0.914. The van der Waals surface area contributed by atoms with Crippen molar-refractivity contribution in [2.45, 2.75) is 27.2 Å². The number of thiazole rings is 2. The maximum Gasteiger partial charge on any atom is 0.186 e. The molecule has 0 amide bonds. The van der Waals surface area contributed by atoms with E-state index >= 15 is 0 Å².